The molecule has 0 fully saturated rings. The average molecular weight is 170 g/mol. The van der Waals surface area contributed by atoms with Crippen molar-refractivity contribution < 1.29 is 5.11 Å². The lowest BCUT2D eigenvalue weighted by Crippen LogP contribution is -2.11. The number of hydrogen-bond acceptors (Lipinski definition) is 1. The Balaban J connectivity index is 3.53. The van der Waals surface area contributed by atoms with Crippen LogP contribution in [0.3, 0.4) is 0 Å². The summed E-state index contributed by atoms with van der Waals surface area (Å²) in [6, 6.07) is 0. The lowest BCUT2D eigenvalue weighted by molar-refractivity contribution is 0.143. The Morgan fingerprint density at radius 1 is 1.50 bits per heavy atom. The molecule has 0 aliphatic carbocycles. The van der Waals surface area contributed by atoms with Gasteiger partial charge in [0.1, 0.15) is 0 Å². The van der Waals surface area contributed by atoms with Crippen LogP contribution in [0.2, 0.25) is 0 Å². The second-order valence-electron chi connectivity index (χ2n) is 3.94. The van der Waals surface area contributed by atoms with Gasteiger partial charge >= 0.3 is 0 Å². The number of hydrogen-bond donors (Lipinski definition) is 1. The molecule has 1 N–H and O–H groups in total. The Morgan fingerprint density at radius 3 is 2.50 bits per heavy atom. The number of rotatable bonds is 6. The Hall–Kier alpha value is -0.300. The summed E-state index contributed by atoms with van der Waals surface area (Å²) in [6.07, 6.45) is 3.92. The second-order valence-corrected chi connectivity index (χ2v) is 3.94. The minimum atomic E-state index is -0.177. The van der Waals surface area contributed by atoms with Crippen LogP contribution in [-0.4, -0.2) is 11.2 Å². The van der Waals surface area contributed by atoms with Crippen LogP contribution in [0.4, 0.5) is 0 Å². The van der Waals surface area contributed by atoms with Crippen molar-refractivity contribution in [1.29, 1.82) is 0 Å². The van der Waals surface area contributed by atoms with Crippen molar-refractivity contribution in [2.45, 2.75) is 52.6 Å². The summed E-state index contributed by atoms with van der Waals surface area (Å²) in [7, 11) is 0. The molecule has 0 saturated carbocycles. The number of aliphatic hydroxyl groups excluding tert-OH is 1. The van der Waals surface area contributed by atoms with Gasteiger partial charge in [0.15, 0.2) is 0 Å². The maximum absolute atomic E-state index is 9.56. The highest BCUT2D eigenvalue weighted by Crippen LogP contribution is 2.16. The molecule has 0 aromatic carbocycles. The van der Waals surface area contributed by atoms with Crippen molar-refractivity contribution in [2.24, 2.45) is 5.92 Å². The Bertz CT molecular complexity index is 129. The van der Waals surface area contributed by atoms with E-state index in [1.54, 1.807) is 0 Å². The molecule has 72 valence electrons. The summed E-state index contributed by atoms with van der Waals surface area (Å²) in [4.78, 5) is 0. The third-order valence-corrected chi connectivity index (χ3v) is 2.04. The molecule has 0 heterocycles. The quantitative estimate of drug-likeness (QED) is 0.607. The largest absolute Gasteiger partial charge is 0.393 e. The van der Waals surface area contributed by atoms with Crippen LogP contribution < -0.4 is 0 Å². The van der Waals surface area contributed by atoms with Gasteiger partial charge in [0.2, 0.25) is 0 Å². The van der Waals surface area contributed by atoms with E-state index in [0.717, 1.165) is 18.4 Å². The Labute approximate surface area is 76.5 Å². The van der Waals surface area contributed by atoms with Crippen LogP contribution in [0.25, 0.3) is 0 Å². The Morgan fingerprint density at radius 2 is 2.08 bits per heavy atom. The molecule has 2 atom stereocenters. The maximum Gasteiger partial charge on any atom is 0.0579 e. The maximum atomic E-state index is 9.56. The van der Waals surface area contributed by atoms with Gasteiger partial charge in [-0.25, -0.2) is 0 Å². The standard InChI is InChI=1S/C11H22O/c1-5-6-10(4)8-11(12)7-9(2)3/h10-12H,2,5-8H2,1,3-4H3. The van der Waals surface area contributed by atoms with Crippen molar-refractivity contribution in [3.05, 3.63) is 12.2 Å². The number of aliphatic hydroxyl groups is 1. The van der Waals surface area contributed by atoms with E-state index in [0.29, 0.717) is 5.92 Å². The van der Waals surface area contributed by atoms with Gasteiger partial charge in [-0.2, -0.15) is 0 Å². The first-order valence-electron chi connectivity index (χ1n) is 4.88. The summed E-state index contributed by atoms with van der Waals surface area (Å²) in [6.45, 7) is 10.1. The lowest BCUT2D eigenvalue weighted by Gasteiger charge is -2.15. The predicted octanol–water partition coefficient (Wildman–Crippen LogP) is 3.14. The zero-order valence-corrected chi connectivity index (χ0v) is 8.64. The van der Waals surface area contributed by atoms with Crippen molar-refractivity contribution >= 4 is 0 Å². The smallest absolute Gasteiger partial charge is 0.0579 e. The van der Waals surface area contributed by atoms with Gasteiger partial charge in [-0.3, -0.25) is 0 Å². The van der Waals surface area contributed by atoms with Gasteiger partial charge in [0, 0.05) is 0 Å². The van der Waals surface area contributed by atoms with E-state index in [2.05, 4.69) is 20.4 Å². The fourth-order valence-corrected chi connectivity index (χ4v) is 1.56. The third-order valence-electron chi connectivity index (χ3n) is 2.04. The molecule has 0 bridgehead atoms. The van der Waals surface area contributed by atoms with E-state index in [4.69, 9.17) is 0 Å². The molecule has 1 nitrogen and oxygen atoms in total. The Kier molecular flexibility index (Phi) is 6.09. The van der Waals surface area contributed by atoms with Crippen LogP contribution in [-0.2, 0) is 0 Å². The molecule has 0 saturated heterocycles. The second kappa shape index (κ2) is 6.24. The fraction of sp³-hybridized carbons (Fsp3) is 0.818. The highest BCUT2D eigenvalue weighted by Gasteiger charge is 2.09. The summed E-state index contributed by atoms with van der Waals surface area (Å²) in [5, 5.41) is 9.56. The lowest BCUT2D eigenvalue weighted by atomic mass is 9.96. The highest BCUT2D eigenvalue weighted by molar-refractivity contribution is 4.90. The summed E-state index contributed by atoms with van der Waals surface area (Å²) < 4.78 is 0. The zero-order chi connectivity index (χ0) is 9.56. The molecule has 2 unspecified atom stereocenters. The van der Waals surface area contributed by atoms with Gasteiger partial charge in [-0.15, -0.1) is 6.58 Å². The van der Waals surface area contributed by atoms with E-state index >= 15 is 0 Å². The van der Waals surface area contributed by atoms with Crippen LogP contribution in [0.1, 0.15) is 46.5 Å². The topological polar surface area (TPSA) is 20.2 Å². The SMILES string of the molecule is C=C(C)CC(O)CC(C)CCC. The van der Waals surface area contributed by atoms with Gasteiger partial charge in [0.05, 0.1) is 6.10 Å². The van der Waals surface area contributed by atoms with E-state index in [1.165, 1.54) is 12.8 Å². The molecular weight excluding hydrogens is 148 g/mol. The molecule has 0 amide bonds. The van der Waals surface area contributed by atoms with Crippen molar-refractivity contribution in [3.8, 4) is 0 Å². The van der Waals surface area contributed by atoms with Gasteiger partial charge in [-0.05, 0) is 25.7 Å². The molecule has 0 spiro atoms. The normalized spacial score (nSPS) is 15.7. The average Bonchev–Trinajstić information content (AvgIpc) is 1.84. The van der Waals surface area contributed by atoms with Crippen molar-refractivity contribution in [3.63, 3.8) is 0 Å². The summed E-state index contributed by atoms with van der Waals surface area (Å²) >= 11 is 0. The van der Waals surface area contributed by atoms with E-state index < -0.39 is 0 Å². The van der Waals surface area contributed by atoms with Crippen LogP contribution in [0, 0.1) is 5.92 Å². The first-order valence-corrected chi connectivity index (χ1v) is 4.88. The minimum absolute atomic E-state index is 0.177. The third kappa shape index (κ3) is 6.41. The van der Waals surface area contributed by atoms with Crippen molar-refractivity contribution in [2.75, 3.05) is 0 Å². The molecule has 0 aliphatic rings. The minimum Gasteiger partial charge on any atom is -0.393 e. The molecule has 0 aromatic rings. The molecule has 0 rings (SSSR count). The van der Waals surface area contributed by atoms with Gasteiger partial charge < -0.3 is 5.11 Å². The monoisotopic (exact) mass is 170 g/mol. The van der Waals surface area contributed by atoms with Gasteiger partial charge in [-0.1, -0.05) is 32.3 Å². The van der Waals surface area contributed by atoms with Crippen molar-refractivity contribution in [1.82, 2.24) is 0 Å². The fourth-order valence-electron chi connectivity index (χ4n) is 1.56. The molecule has 0 aromatic heterocycles. The van der Waals surface area contributed by atoms with Crippen LogP contribution >= 0.6 is 0 Å². The van der Waals surface area contributed by atoms with E-state index in [1.807, 2.05) is 6.92 Å². The summed E-state index contributed by atoms with van der Waals surface area (Å²) in [5.74, 6) is 0.643. The molecule has 12 heavy (non-hydrogen) atoms. The summed E-state index contributed by atoms with van der Waals surface area (Å²) in [5.41, 5.74) is 1.08. The zero-order valence-electron chi connectivity index (χ0n) is 8.64. The molecule has 1 heteroatoms. The first kappa shape index (κ1) is 11.7. The molecule has 0 radical (unpaired) electrons. The molecule has 0 aliphatic heterocycles. The molecular formula is C11H22O. The first-order chi connectivity index (χ1) is 5.56. The van der Waals surface area contributed by atoms with Crippen LogP contribution in [0.5, 0.6) is 0 Å². The van der Waals surface area contributed by atoms with Gasteiger partial charge in [0.25, 0.3) is 0 Å². The predicted molar refractivity (Wildman–Crippen MR) is 54.1 cm³/mol. The van der Waals surface area contributed by atoms with E-state index in [9.17, 15) is 5.11 Å². The highest BCUT2D eigenvalue weighted by atomic mass is 16.3. The van der Waals surface area contributed by atoms with E-state index in [-0.39, 0.29) is 6.10 Å². The van der Waals surface area contributed by atoms with Crippen LogP contribution in [0.15, 0.2) is 12.2 Å².